The van der Waals surface area contributed by atoms with E-state index >= 15 is 0 Å². The van der Waals surface area contributed by atoms with Crippen LogP contribution in [-0.2, 0) is 6.61 Å². The number of rotatable bonds is 4. The number of hydrogen-bond acceptors (Lipinski definition) is 4. The molecule has 3 aromatic carbocycles. The lowest BCUT2D eigenvalue weighted by atomic mass is 9.96. The van der Waals surface area contributed by atoms with Gasteiger partial charge in [-0.15, -0.1) is 5.10 Å². The maximum absolute atomic E-state index is 13.3. The second kappa shape index (κ2) is 9.38. The van der Waals surface area contributed by atoms with Gasteiger partial charge in [0.1, 0.15) is 5.69 Å². The van der Waals surface area contributed by atoms with E-state index in [1.807, 2.05) is 71.6 Å². The molecule has 166 valence electrons. The maximum atomic E-state index is 13.3. The summed E-state index contributed by atoms with van der Waals surface area (Å²) in [7, 11) is 0. The Morgan fingerprint density at radius 3 is 2.48 bits per heavy atom. The molecule has 1 aliphatic heterocycles. The Morgan fingerprint density at radius 1 is 0.909 bits per heavy atom. The highest BCUT2D eigenvalue weighted by molar-refractivity contribution is 5.78. The van der Waals surface area contributed by atoms with E-state index in [4.69, 9.17) is 0 Å². The number of carbonyl (C=O) groups excluding carboxylic acids is 1. The van der Waals surface area contributed by atoms with Gasteiger partial charge >= 0.3 is 6.03 Å². The fourth-order valence-corrected chi connectivity index (χ4v) is 4.49. The van der Waals surface area contributed by atoms with Crippen LogP contribution in [0.1, 0.15) is 36.4 Å². The van der Waals surface area contributed by atoms with Crippen LogP contribution in [0.15, 0.2) is 85.1 Å². The van der Waals surface area contributed by atoms with Crippen LogP contribution in [0.2, 0.25) is 0 Å². The molecule has 0 unspecified atom stereocenters. The van der Waals surface area contributed by atoms with Gasteiger partial charge in [0.2, 0.25) is 0 Å². The first-order valence-corrected chi connectivity index (χ1v) is 11.3. The van der Waals surface area contributed by atoms with Gasteiger partial charge in [0.05, 0.1) is 18.8 Å². The fourth-order valence-electron chi connectivity index (χ4n) is 4.49. The molecule has 0 aliphatic carbocycles. The molecule has 0 bridgehead atoms. The van der Waals surface area contributed by atoms with E-state index in [2.05, 4.69) is 22.4 Å². The largest absolute Gasteiger partial charge is 0.392 e. The quantitative estimate of drug-likeness (QED) is 0.469. The zero-order valence-electron chi connectivity index (χ0n) is 18.3. The first-order chi connectivity index (χ1) is 16.2. The minimum Gasteiger partial charge on any atom is -0.392 e. The second-order valence-electron chi connectivity index (χ2n) is 8.38. The van der Waals surface area contributed by atoms with E-state index in [1.165, 1.54) is 4.68 Å². The zero-order chi connectivity index (χ0) is 22.6. The molecule has 0 spiro atoms. The molecule has 4 aromatic rings. The molecule has 2 heterocycles. The summed E-state index contributed by atoms with van der Waals surface area (Å²) in [6.07, 6.45) is 4.77. The summed E-state index contributed by atoms with van der Waals surface area (Å²) in [4.78, 5) is 15.2. The topological polar surface area (TPSA) is 71.2 Å². The van der Waals surface area contributed by atoms with Gasteiger partial charge < -0.3 is 10.0 Å². The summed E-state index contributed by atoms with van der Waals surface area (Å²) in [6.45, 7) is 0.737. The molecule has 6 nitrogen and oxygen atoms in total. The van der Waals surface area contributed by atoms with E-state index in [0.29, 0.717) is 5.69 Å². The minimum atomic E-state index is -0.139. The van der Waals surface area contributed by atoms with Crippen molar-refractivity contribution in [3.05, 3.63) is 96.2 Å². The summed E-state index contributed by atoms with van der Waals surface area (Å²) >= 11 is 0. The molecule has 5 rings (SSSR count). The van der Waals surface area contributed by atoms with Crippen LogP contribution in [0.3, 0.4) is 0 Å². The van der Waals surface area contributed by atoms with Crippen molar-refractivity contribution < 1.29 is 9.90 Å². The van der Waals surface area contributed by atoms with Gasteiger partial charge in [0.15, 0.2) is 0 Å². The van der Waals surface area contributed by atoms with Crippen molar-refractivity contribution in [3.8, 4) is 22.4 Å². The molecule has 33 heavy (non-hydrogen) atoms. The summed E-state index contributed by atoms with van der Waals surface area (Å²) in [5.41, 5.74) is 5.69. The van der Waals surface area contributed by atoms with Crippen LogP contribution < -0.4 is 0 Å². The van der Waals surface area contributed by atoms with Crippen molar-refractivity contribution >= 4 is 6.03 Å². The molecule has 1 atom stereocenters. The van der Waals surface area contributed by atoms with E-state index in [0.717, 1.165) is 53.6 Å². The van der Waals surface area contributed by atoms with Crippen molar-refractivity contribution in [1.29, 1.82) is 0 Å². The standard InChI is InChI=1S/C27H26N4O2/c32-19-20-7-6-10-24(17-20)21-12-14-22(15-13-21)25-18-31(29-28-25)27(33)30-16-5-4-11-26(30)23-8-2-1-3-9-23/h1-3,6-10,12-15,17-18,26,32H,4-5,11,16,19H2/t26-/m1/s1. The minimum absolute atomic E-state index is 0.0191. The van der Waals surface area contributed by atoms with E-state index in [9.17, 15) is 9.90 Å². The molecular weight excluding hydrogens is 412 g/mol. The van der Waals surface area contributed by atoms with Crippen molar-refractivity contribution in [1.82, 2.24) is 19.9 Å². The number of nitrogens with zero attached hydrogens (tertiary/aromatic N) is 4. The number of aliphatic hydroxyl groups excluding tert-OH is 1. The lowest BCUT2D eigenvalue weighted by molar-refractivity contribution is 0.149. The molecule has 1 saturated heterocycles. The first kappa shape index (κ1) is 21.1. The Kier molecular flexibility index (Phi) is 6.00. The Labute approximate surface area is 193 Å². The molecule has 6 heteroatoms. The zero-order valence-corrected chi connectivity index (χ0v) is 18.3. The van der Waals surface area contributed by atoms with E-state index in [1.54, 1.807) is 6.20 Å². The Balaban J connectivity index is 1.35. The van der Waals surface area contributed by atoms with Crippen LogP contribution >= 0.6 is 0 Å². The number of hydrogen-bond donors (Lipinski definition) is 1. The average Bonchev–Trinajstić information content (AvgIpc) is 3.39. The van der Waals surface area contributed by atoms with Crippen molar-refractivity contribution in [2.75, 3.05) is 6.54 Å². The van der Waals surface area contributed by atoms with E-state index < -0.39 is 0 Å². The van der Waals surface area contributed by atoms with Gasteiger partial charge in [0, 0.05) is 12.1 Å². The first-order valence-electron chi connectivity index (χ1n) is 11.3. The van der Waals surface area contributed by atoms with E-state index in [-0.39, 0.29) is 18.7 Å². The Bertz CT molecular complexity index is 1230. The fraction of sp³-hybridized carbons (Fsp3) is 0.222. The van der Waals surface area contributed by atoms with Gasteiger partial charge in [-0.25, -0.2) is 4.79 Å². The summed E-state index contributed by atoms with van der Waals surface area (Å²) in [5.74, 6) is 0. The maximum Gasteiger partial charge on any atom is 0.346 e. The molecule has 1 aliphatic rings. The Hall–Kier alpha value is -3.77. The molecule has 0 radical (unpaired) electrons. The monoisotopic (exact) mass is 438 g/mol. The average molecular weight is 439 g/mol. The summed E-state index contributed by atoms with van der Waals surface area (Å²) < 4.78 is 1.36. The summed E-state index contributed by atoms with van der Waals surface area (Å²) in [5, 5.41) is 17.8. The molecular formula is C27H26N4O2. The van der Waals surface area contributed by atoms with Crippen LogP contribution in [0.5, 0.6) is 0 Å². The highest BCUT2D eigenvalue weighted by atomic mass is 16.3. The van der Waals surface area contributed by atoms with Crippen molar-refractivity contribution in [3.63, 3.8) is 0 Å². The third-order valence-corrected chi connectivity index (χ3v) is 6.25. The predicted molar refractivity (Wildman–Crippen MR) is 127 cm³/mol. The van der Waals surface area contributed by atoms with Gasteiger partial charge in [-0.1, -0.05) is 78.0 Å². The third-order valence-electron chi connectivity index (χ3n) is 6.25. The predicted octanol–water partition coefficient (Wildman–Crippen LogP) is 5.30. The van der Waals surface area contributed by atoms with Crippen molar-refractivity contribution in [2.45, 2.75) is 31.9 Å². The van der Waals surface area contributed by atoms with Crippen molar-refractivity contribution in [2.24, 2.45) is 0 Å². The number of benzene rings is 3. The SMILES string of the molecule is O=C(N1CCCC[C@@H]1c1ccccc1)n1cc(-c2ccc(-c3cccc(CO)c3)cc2)nn1. The highest BCUT2D eigenvalue weighted by Crippen LogP contribution is 2.31. The van der Waals surface area contributed by atoms with Crippen LogP contribution in [0.4, 0.5) is 4.79 Å². The lowest BCUT2D eigenvalue weighted by Crippen LogP contribution is -2.41. The number of likely N-dealkylation sites (tertiary alicyclic amines) is 1. The second-order valence-corrected chi connectivity index (χ2v) is 8.38. The van der Waals surface area contributed by atoms with Gasteiger partial charge in [-0.2, -0.15) is 4.68 Å². The van der Waals surface area contributed by atoms with Crippen LogP contribution in [-0.4, -0.2) is 37.6 Å². The van der Waals surface area contributed by atoms with Gasteiger partial charge in [-0.05, 0) is 47.6 Å². The number of piperidine rings is 1. The summed E-state index contributed by atoms with van der Waals surface area (Å²) in [6, 6.07) is 26.0. The lowest BCUT2D eigenvalue weighted by Gasteiger charge is -2.35. The van der Waals surface area contributed by atoms with Gasteiger partial charge in [0.25, 0.3) is 0 Å². The molecule has 0 saturated carbocycles. The molecule has 1 aromatic heterocycles. The molecule has 1 N–H and O–H groups in total. The number of aromatic nitrogens is 3. The smallest absolute Gasteiger partial charge is 0.346 e. The number of carbonyl (C=O) groups is 1. The van der Waals surface area contributed by atoms with Gasteiger partial charge in [-0.3, -0.25) is 0 Å². The Morgan fingerprint density at radius 2 is 1.70 bits per heavy atom. The highest BCUT2D eigenvalue weighted by Gasteiger charge is 2.29. The molecule has 1 fully saturated rings. The molecule has 1 amide bonds. The van der Waals surface area contributed by atoms with Crippen LogP contribution in [0.25, 0.3) is 22.4 Å². The van der Waals surface area contributed by atoms with Crippen LogP contribution in [0, 0.1) is 0 Å². The number of aliphatic hydroxyl groups is 1. The third kappa shape index (κ3) is 4.43. The normalized spacial score (nSPS) is 16.0. The number of amides is 1.